The van der Waals surface area contributed by atoms with Crippen LogP contribution in [0.5, 0.6) is 0 Å². The van der Waals surface area contributed by atoms with Gasteiger partial charge in [0.15, 0.2) is 0 Å². The highest BCUT2D eigenvalue weighted by Crippen LogP contribution is 2.35. The summed E-state index contributed by atoms with van der Waals surface area (Å²) in [5.41, 5.74) is 9.84. The molecule has 0 aliphatic rings. The molecule has 0 saturated carbocycles. The van der Waals surface area contributed by atoms with Crippen LogP contribution in [0.25, 0.3) is 11.1 Å². The first kappa shape index (κ1) is 22.6. The zero-order valence-electron chi connectivity index (χ0n) is 20.0. The minimum Gasteiger partial charge on any atom is -0.0666 e. The van der Waals surface area contributed by atoms with E-state index < -0.39 is 0 Å². The number of benzene rings is 4. The number of allylic oxidation sites excluding steroid dienone is 2. The van der Waals surface area contributed by atoms with Crippen LogP contribution in [-0.4, -0.2) is 0 Å². The maximum absolute atomic E-state index is 2.41. The van der Waals surface area contributed by atoms with Crippen LogP contribution in [0.4, 0.5) is 0 Å². The normalized spacial score (nSPS) is 11.0. The highest BCUT2D eigenvalue weighted by atomic mass is 14.2. The van der Waals surface area contributed by atoms with Crippen molar-refractivity contribution >= 4 is 11.1 Å². The lowest BCUT2D eigenvalue weighted by atomic mass is 9.82. The largest absolute Gasteiger partial charge is 0.0666 e. The van der Waals surface area contributed by atoms with Gasteiger partial charge in [0.2, 0.25) is 0 Å². The molecule has 0 fully saturated rings. The van der Waals surface area contributed by atoms with Crippen LogP contribution in [-0.2, 0) is 0 Å². The van der Waals surface area contributed by atoms with E-state index in [0.717, 1.165) is 0 Å². The van der Waals surface area contributed by atoms with E-state index in [2.05, 4.69) is 149 Å². The fourth-order valence-corrected chi connectivity index (χ4v) is 4.15. The van der Waals surface area contributed by atoms with Crippen LogP contribution in [0.1, 0.15) is 47.2 Å². The smallest absolute Gasteiger partial charge is 0.00232 e. The van der Waals surface area contributed by atoms with E-state index in [1.54, 1.807) is 0 Å². The SMILES string of the molecule is Cc1ccc(C(=CC(C)(C)C=C(c2ccccc2)c2ccccc2)c2ccc(C)cc2)cc1. The van der Waals surface area contributed by atoms with Crippen LogP contribution in [0.2, 0.25) is 0 Å². The average molecular weight is 429 g/mol. The van der Waals surface area contributed by atoms with E-state index in [4.69, 9.17) is 0 Å². The molecule has 0 unspecified atom stereocenters. The Morgan fingerprint density at radius 1 is 0.455 bits per heavy atom. The minimum absolute atomic E-state index is 0.174. The molecule has 0 bridgehead atoms. The van der Waals surface area contributed by atoms with Gasteiger partial charge in [-0.15, -0.1) is 0 Å². The second-order valence-corrected chi connectivity index (χ2v) is 9.40. The van der Waals surface area contributed by atoms with Crippen molar-refractivity contribution in [2.45, 2.75) is 27.7 Å². The van der Waals surface area contributed by atoms with Gasteiger partial charge in [0.25, 0.3) is 0 Å². The summed E-state index contributed by atoms with van der Waals surface area (Å²) in [7, 11) is 0. The first-order valence-corrected chi connectivity index (χ1v) is 11.6. The molecular weight excluding hydrogens is 396 g/mol. The predicted octanol–water partition coefficient (Wildman–Crippen LogP) is 8.89. The average Bonchev–Trinajstić information content (AvgIpc) is 2.83. The summed E-state index contributed by atoms with van der Waals surface area (Å²) in [6, 6.07) is 39.1. The Morgan fingerprint density at radius 2 is 0.758 bits per heavy atom. The van der Waals surface area contributed by atoms with Crippen molar-refractivity contribution in [1.82, 2.24) is 0 Å². The zero-order chi connectivity index (χ0) is 23.3. The third-order valence-corrected chi connectivity index (χ3v) is 5.93. The van der Waals surface area contributed by atoms with Crippen molar-refractivity contribution in [3.63, 3.8) is 0 Å². The van der Waals surface area contributed by atoms with E-state index in [1.807, 2.05) is 0 Å². The number of rotatable bonds is 6. The molecule has 0 radical (unpaired) electrons. The first-order valence-electron chi connectivity index (χ1n) is 11.6. The molecule has 4 aromatic carbocycles. The molecule has 0 saturated heterocycles. The first-order chi connectivity index (χ1) is 15.9. The number of aryl methyl sites for hydroxylation is 2. The van der Waals surface area contributed by atoms with Crippen molar-refractivity contribution in [2.75, 3.05) is 0 Å². The molecule has 0 heterocycles. The Morgan fingerprint density at radius 3 is 1.09 bits per heavy atom. The molecule has 4 aromatic rings. The monoisotopic (exact) mass is 428 g/mol. The van der Waals surface area contributed by atoms with E-state index in [1.165, 1.54) is 44.5 Å². The molecule has 0 heteroatoms. The van der Waals surface area contributed by atoms with Gasteiger partial charge in [0, 0.05) is 5.41 Å². The summed E-state index contributed by atoms with van der Waals surface area (Å²) in [6.45, 7) is 8.86. The molecule has 0 aromatic heterocycles. The van der Waals surface area contributed by atoms with Crippen LogP contribution in [0.15, 0.2) is 121 Å². The standard InChI is InChI=1S/C33H32/c1-25-15-19-29(20-16-25)32(30-21-17-26(2)18-22-30)24-33(3,4)23-31(27-11-7-5-8-12-27)28-13-9-6-10-14-28/h5-24H,1-4H3. The molecule has 0 amide bonds. The Labute approximate surface area is 199 Å². The van der Waals surface area contributed by atoms with Gasteiger partial charge in [0.05, 0.1) is 0 Å². The Hall–Kier alpha value is -3.64. The van der Waals surface area contributed by atoms with E-state index in [-0.39, 0.29) is 5.41 Å². The molecule has 33 heavy (non-hydrogen) atoms. The lowest BCUT2D eigenvalue weighted by Gasteiger charge is -2.22. The van der Waals surface area contributed by atoms with Crippen molar-refractivity contribution < 1.29 is 0 Å². The topological polar surface area (TPSA) is 0 Å². The lowest BCUT2D eigenvalue weighted by Crippen LogP contribution is -2.07. The molecule has 4 rings (SSSR count). The number of hydrogen-bond acceptors (Lipinski definition) is 0. The fraction of sp³-hybridized carbons (Fsp3) is 0.152. The van der Waals surface area contributed by atoms with Crippen LogP contribution < -0.4 is 0 Å². The van der Waals surface area contributed by atoms with E-state index >= 15 is 0 Å². The fourth-order valence-electron chi connectivity index (χ4n) is 4.15. The van der Waals surface area contributed by atoms with Crippen LogP contribution in [0.3, 0.4) is 0 Å². The van der Waals surface area contributed by atoms with Gasteiger partial charge >= 0.3 is 0 Å². The maximum Gasteiger partial charge on any atom is 0.00232 e. The molecule has 0 atom stereocenters. The van der Waals surface area contributed by atoms with Gasteiger partial charge < -0.3 is 0 Å². The summed E-state index contributed by atoms with van der Waals surface area (Å²) < 4.78 is 0. The zero-order valence-corrected chi connectivity index (χ0v) is 20.0. The van der Waals surface area contributed by atoms with Crippen molar-refractivity contribution in [3.05, 3.63) is 155 Å². The van der Waals surface area contributed by atoms with Gasteiger partial charge in [-0.2, -0.15) is 0 Å². The van der Waals surface area contributed by atoms with Gasteiger partial charge in [-0.3, -0.25) is 0 Å². The molecule has 0 N–H and O–H groups in total. The second kappa shape index (κ2) is 9.88. The summed E-state index contributed by atoms with van der Waals surface area (Å²) in [6.07, 6.45) is 4.81. The van der Waals surface area contributed by atoms with E-state index in [0.29, 0.717) is 0 Å². The van der Waals surface area contributed by atoms with Crippen LogP contribution >= 0.6 is 0 Å². The summed E-state index contributed by atoms with van der Waals surface area (Å²) in [5, 5.41) is 0. The molecule has 0 spiro atoms. The third-order valence-electron chi connectivity index (χ3n) is 5.93. The third kappa shape index (κ3) is 5.79. The van der Waals surface area contributed by atoms with Crippen molar-refractivity contribution in [3.8, 4) is 0 Å². The van der Waals surface area contributed by atoms with E-state index in [9.17, 15) is 0 Å². The summed E-state index contributed by atoms with van der Waals surface area (Å²) in [5.74, 6) is 0. The minimum atomic E-state index is -0.174. The Kier molecular flexibility index (Phi) is 6.75. The summed E-state index contributed by atoms with van der Waals surface area (Å²) >= 11 is 0. The van der Waals surface area contributed by atoms with Gasteiger partial charge in [-0.25, -0.2) is 0 Å². The van der Waals surface area contributed by atoms with Gasteiger partial charge in [-0.05, 0) is 47.2 Å². The lowest BCUT2D eigenvalue weighted by molar-refractivity contribution is 0.629. The quantitative estimate of drug-likeness (QED) is 0.287. The molecule has 0 nitrogen and oxygen atoms in total. The molecule has 0 aliphatic heterocycles. The second-order valence-electron chi connectivity index (χ2n) is 9.40. The van der Waals surface area contributed by atoms with Crippen molar-refractivity contribution in [1.29, 1.82) is 0 Å². The number of hydrogen-bond donors (Lipinski definition) is 0. The highest BCUT2D eigenvalue weighted by Gasteiger charge is 2.18. The van der Waals surface area contributed by atoms with Crippen molar-refractivity contribution in [2.24, 2.45) is 5.41 Å². The Bertz CT molecular complexity index is 1150. The highest BCUT2D eigenvalue weighted by molar-refractivity contribution is 5.83. The molecule has 164 valence electrons. The van der Waals surface area contributed by atoms with Gasteiger partial charge in [0.1, 0.15) is 0 Å². The maximum atomic E-state index is 2.41. The molecule has 0 aliphatic carbocycles. The summed E-state index contributed by atoms with van der Waals surface area (Å²) in [4.78, 5) is 0. The van der Waals surface area contributed by atoms with Crippen LogP contribution in [0, 0.1) is 19.3 Å². The molecular formula is C33H32. The Balaban J connectivity index is 1.86. The van der Waals surface area contributed by atoms with Gasteiger partial charge in [-0.1, -0.05) is 146 Å². The predicted molar refractivity (Wildman–Crippen MR) is 143 cm³/mol.